The lowest BCUT2D eigenvalue weighted by Crippen LogP contribution is -2.32. The lowest BCUT2D eigenvalue weighted by atomic mass is 9.93. The molecule has 0 aromatic heterocycles. The van der Waals surface area contributed by atoms with Gasteiger partial charge < -0.3 is 0 Å². The molecule has 2 bridgehead atoms. The molecule has 1 aliphatic heterocycles. The second kappa shape index (κ2) is 8.15. The van der Waals surface area contributed by atoms with E-state index in [1.54, 1.807) is 5.57 Å². The third kappa shape index (κ3) is 3.93. The molecule has 0 saturated carbocycles. The van der Waals surface area contributed by atoms with E-state index >= 15 is 0 Å². The molecule has 0 radical (unpaired) electrons. The number of piperidine rings is 1. The second-order valence-electron chi connectivity index (χ2n) is 7.42. The van der Waals surface area contributed by atoms with E-state index in [1.807, 2.05) is 5.57 Å². The lowest BCUT2D eigenvalue weighted by Gasteiger charge is -2.29. The van der Waals surface area contributed by atoms with Crippen LogP contribution in [0.4, 0.5) is 0 Å². The molecule has 0 spiro atoms. The van der Waals surface area contributed by atoms with Crippen molar-refractivity contribution in [3.8, 4) is 0 Å². The molecule has 0 amide bonds. The second-order valence-corrected chi connectivity index (χ2v) is 7.42. The molecule has 0 aromatic carbocycles. The minimum Gasteiger partial charge on any atom is -0.299 e. The van der Waals surface area contributed by atoms with E-state index in [9.17, 15) is 0 Å². The number of unbranched alkanes of at least 4 members (excludes halogenated alkanes) is 3. The fourth-order valence-corrected chi connectivity index (χ4v) is 4.49. The summed E-state index contributed by atoms with van der Waals surface area (Å²) in [6.07, 6.45) is 22.0. The maximum Gasteiger partial charge on any atom is 0.0201 e. The zero-order valence-corrected chi connectivity index (χ0v) is 14.4. The van der Waals surface area contributed by atoms with Gasteiger partial charge in [-0.05, 0) is 56.7 Å². The van der Waals surface area contributed by atoms with E-state index in [0.29, 0.717) is 0 Å². The molecule has 1 fully saturated rings. The van der Waals surface area contributed by atoms with Crippen LogP contribution in [0.3, 0.4) is 0 Å². The van der Waals surface area contributed by atoms with Gasteiger partial charge in [0.25, 0.3) is 0 Å². The summed E-state index contributed by atoms with van der Waals surface area (Å²) in [5.41, 5.74) is 3.61. The first-order valence-electron chi connectivity index (χ1n) is 9.67. The fourth-order valence-electron chi connectivity index (χ4n) is 4.49. The van der Waals surface area contributed by atoms with Crippen LogP contribution in [-0.4, -0.2) is 24.5 Å². The summed E-state index contributed by atoms with van der Waals surface area (Å²) in [6.45, 7) is 6.21. The maximum absolute atomic E-state index is 2.72. The van der Waals surface area contributed by atoms with Crippen LogP contribution in [0.25, 0.3) is 0 Å². The highest BCUT2D eigenvalue weighted by Gasteiger charge is 2.31. The van der Waals surface area contributed by atoms with Crippen LogP contribution in [0.15, 0.2) is 35.5 Å². The van der Waals surface area contributed by atoms with Gasteiger partial charge in [-0.3, -0.25) is 4.90 Å². The molecule has 22 heavy (non-hydrogen) atoms. The van der Waals surface area contributed by atoms with E-state index in [1.165, 1.54) is 77.4 Å². The normalized spacial score (nSPS) is 28.4. The van der Waals surface area contributed by atoms with Gasteiger partial charge in [0.2, 0.25) is 0 Å². The van der Waals surface area contributed by atoms with Crippen LogP contribution in [0, 0.1) is 11.8 Å². The minimum atomic E-state index is 0.725. The highest BCUT2D eigenvalue weighted by Crippen LogP contribution is 2.42. The van der Waals surface area contributed by atoms with Crippen molar-refractivity contribution in [1.82, 2.24) is 4.90 Å². The molecule has 2 atom stereocenters. The molecule has 1 saturated heterocycles. The van der Waals surface area contributed by atoms with Gasteiger partial charge in [-0.2, -0.15) is 0 Å². The third-order valence-corrected chi connectivity index (χ3v) is 5.76. The van der Waals surface area contributed by atoms with Gasteiger partial charge >= 0.3 is 0 Å². The molecule has 3 rings (SSSR count). The summed E-state index contributed by atoms with van der Waals surface area (Å²) < 4.78 is 0. The third-order valence-electron chi connectivity index (χ3n) is 5.76. The van der Waals surface area contributed by atoms with Gasteiger partial charge in [0.05, 0.1) is 0 Å². The Morgan fingerprint density at radius 2 is 1.64 bits per heavy atom. The van der Waals surface area contributed by atoms with Crippen LogP contribution >= 0.6 is 0 Å². The van der Waals surface area contributed by atoms with Crippen LogP contribution < -0.4 is 0 Å². The number of nitrogens with zero attached hydrogens (tertiary/aromatic N) is 1. The van der Waals surface area contributed by atoms with Gasteiger partial charge in [0, 0.05) is 12.5 Å². The molecule has 2 aliphatic carbocycles. The number of rotatable bonds is 7. The smallest absolute Gasteiger partial charge is 0.0201 e. The van der Waals surface area contributed by atoms with Crippen LogP contribution in [0.2, 0.25) is 0 Å². The first-order valence-corrected chi connectivity index (χ1v) is 9.67. The fraction of sp³-hybridized carbons (Fsp3) is 0.714. The first-order chi connectivity index (χ1) is 10.9. The molecule has 0 N–H and O–H groups in total. The number of likely N-dealkylation sites (tertiary alicyclic amines) is 1. The Morgan fingerprint density at radius 3 is 2.36 bits per heavy atom. The molecule has 1 heteroatoms. The van der Waals surface area contributed by atoms with Crippen molar-refractivity contribution in [2.45, 2.75) is 64.7 Å². The predicted octanol–water partition coefficient (Wildman–Crippen LogP) is 5.50. The van der Waals surface area contributed by atoms with Crippen molar-refractivity contribution in [1.29, 1.82) is 0 Å². The Morgan fingerprint density at radius 1 is 0.909 bits per heavy atom. The van der Waals surface area contributed by atoms with E-state index in [4.69, 9.17) is 0 Å². The number of fused-ring (bicyclic) bond motifs is 2. The quantitative estimate of drug-likeness (QED) is 0.443. The van der Waals surface area contributed by atoms with Crippen LogP contribution in [0.1, 0.15) is 64.7 Å². The minimum absolute atomic E-state index is 0.725. The first kappa shape index (κ1) is 16.1. The monoisotopic (exact) mass is 299 g/mol. The average molecular weight is 300 g/mol. The summed E-state index contributed by atoms with van der Waals surface area (Å²) in [5, 5.41) is 0. The molecule has 1 heterocycles. The zero-order chi connectivity index (χ0) is 15.2. The van der Waals surface area contributed by atoms with Crippen molar-refractivity contribution in [3.63, 3.8) is 0 Å². The molecular weight excluding hydrogens is 266 g/mol. The highest BCUT2D eigenvalue weighted by molar-refractivity contribution is 5.36. The van der Waals surface area contributed by atoms with Gasteiger partial charge in [0.1, 0.15) is 0 Å². The SMILES string of the molecule is CCCCCCC1=C(CN2CCCCC2)C2C=CC=CC1C2. The van der Waals surface area contributed by atoms with E-state index < -0.39 is 0 Å². The predicted molar refractivity (Wildman–Crippen MR) is 96.0 cm³/mol. The molecule has 2 unspecified atom stereocenters. The number of hydrogen-bond donors (Lipinski definition) is 0. The zero-order valence-electron chi connectivity index (χ0n) is 14.4. The molecule has 3 aliphatic rings. The molecule has 0 aromatic rings. The molecule has 122 valence electrons. The Labute approximate surface area is 137 Å². The standard InChI is InChI=1S/C21H33N/c1-2-3-4-6-13-20-18-11-7-8-12-19(16-18)21(20)17-22-14-9-5-10-15-22/h7-8,11-12,18-19H,2-6,9-10,13-17H2,1H3. The summed E-state index contributed by atoms with van der Waals surface area (Å²) >= 11 is 0. The van der Waals surface area contributed by atoms with Crippen molar-refractivity contribution in [2.24, 2.45) is 11.8 Å². The molecule has 1 nitrogen and oxygen atoms in total. The maximum atomic E-state index is 2.72. The Kier molecular flexibility index (Phi) is 5.95. The van der Waals surface area contributed by atoms with Gasteiger partial charge in [-0.25, -0.2) is 0 Å². The van der Waals surface area contributed by atoms with Gasteiger partial charge in [0.15, 0.2) is 0 Å². The van der Waals surface area contributed by atoms with Gasteiger partial charge in [-0.1, -0.05) is 62.5 Å². The number of allylic oxidation sites excluding steroid dienone is 5. The Hall–Kier alpha value is -0.820. The highest BCUT2D eigenvalue weighted by atomic mass is 15.1. The molecular formula is C21H33N. The Bertz CT molecular complexity index is 437. The summed E-state index contributed by atoms with van der Waals surface area (Å²) in [7, 11) is 0. The van der Waals surface area contributed by atoms with Crippen LogP contribution in [0.5, 0.6) is 0 Å². The van der Waals surface area contributed by atoms with E-state index in [-0.39, 0.29) is 0 Å². The largest absolute Gasteiger partial charge is 0.299 e. The van der Waals surface area contributed by atoms with Crippen molar-refractivity contribution >= 4 is 0 Å². The lowest BCUT2D eigenvalue weighted by molar-refractivity contribution is 0.242. The topological polar surface area (TPSA) is 3.24 Å². The van der Waals surface area contributed by atoms with Crippen molar-refractivity contribution in [3.05, 3.63) is 35.5 Å². The summed E-state index contributed by atoms with van der Waals surface area (Å²) in [4.78, 5) is 2.72. The number of hydrogen-bond acceptors (Lipinski definition) is 1. The summed E-state index contributed by atoms with van der Waals surface area (Å²) in [6, 6.07) is 0. The van der Waals surface area contributed by atoms with Crippen molar-refractivity contribution in [2.75, 3.05) is 19.6 Å². The van der Waals surface area contributed by atoms with Gasteiger partial charge in [-0.15, -0.1) is 0 Å². The van der Waals surface area contributed by atoms with E-state index in [2.05, 4.69) is 36.1 Å². The average Bonchev–Trinajstić information content (AvgIpc) is 2.72. The van der Waals surface area contributed by atoms with Crippen molar-refractivity contribution < 1.29 is 0 Å². The van der Waals surface area contributed by atoms with Crippen LogP contribution in [-0.2, 0) is 0 Å². The summed E-state index contributed by atoms with van der Waals surface area (Å²) in [5.74, 6) is 1.46. The Balaban J connectivity index is 1.69. The van der Waals surface area contributed by atoms with E-state index in [0.717, 1.165) is 11.8 Å².